The molecule has 0 bridgehead atoms. The Hall–Kier alpha value is -2.45. The third-order valence-electron chi connectivity index (χ3n) is 4.34. The molecule has 0 spiro atoms. The minimum atomic E-state index is -0.406. The van der Waals surface area contributed by atoms with E-state index in [0.29, 0.717) is 6.54 Å². The van der Waals surface area contributed by atoms with E-state index < -0.39 is 4.92 Å². The molecule has 128 valence electrons. The molecule has 1 unspecified atom stereocenters. The average Bonchev–Trinajstić information content (AvgIpc) is 3.01. The van der Waals surface area contributed by atoms with E-state index in [1.165, 1.54) is 7.11 Å². The molecule has 1 aromatic heterocycles. The lowest BCUT2D eigenvalue weighted by molar-refractivity contribution is -0.385. The molecule has 8 heteroatoms. The number of imidazole rings is 1. The second-order valence-electron chi connectivity index (χ2n) is 5.85. The monoisotopic (exact) mass is 331 g/mol. The molecule has 1 aliphatic heterocycles. The first-order valence-corrected chi connectivity index (χ1v) is 7.83. The predicted molar refractivity (Wildman–Crippen MR) is 88.9 cm³/mol. The number of piperazine rings is 1. The van der Waals surface area contributed by atoms with E-state index in [2.05, 4.69) is 15.2 Å². The highest BCUT2D eigenvalue weighted by atomic mass is 16.6. The van der Waals surface area contributed by atoms with Crippen molar-refractivity contribution in [3.05, 3.63) is 52.1 Å². The van der Waals surface area contributed by atoms with Crippen LogP contribution in [0.3, 0.4) is 0 Å². The normalized spacial score (nSPS) is 18.5. The van der Waals surface area contributed by atoms with Gasteiger partial charge in [0.2, 0.25) is 0 Å². The van der Waals surface area contributed by atoms with Gasteiger partial charge in [-0.1, -0.05) is 6.07 Å². The summed E-state index contributed by atoms with van der Waals surface area (Å²) in [6.45, 7) is 3.18. The van der Waals surface area contributed by atoms with Gasteiger partial charge < -0.3 is 14.6 Å². The molecule has 1 N–H and O–H groups in total. The first-order valence-electron chi connectivity index (χ1n) is 7.83. The summed E-state index contributed by atoms with van der Waals surface area (Å²) < 4.78 is 7.08. The van der Waals surface area contributed by atoms with Crippen molar-refractivity contribution in [1.29, 1.82) is 0 Å². The van der Waals surface area contributed by atoms with Gasteiger partial charge in [-0.25, -0.2) is 4.98 Å². The maximum atomic E-state index is 11.2. The van der Waals surface area contributed by atoms with E-state index >= 15 is 0 Å². The Morgan fingerprint density at radius 2 is 2.33 bits per heavy atom. The molecule has 24 heavy (non-hydrogen) atoms. The minimum absolute atomic E-state index is 0.00123. The fourth-order valence-electron chi connectivity index (χ4n) is 3.10. The standard InChI is InChI=1S/C16H21N5O3/c1-19-7-6-18-16(19)14-10-17-5-8-20(14)11-12-3-4-15(24-2)13(9-12)21(22)23/h3-4,6-7,9,14,17H,5,8,10-11H2,1-2H3. The molecule has 2 aromatic rings. The van der Waals surface area contributed by atoms with Crippen molar-refractivity contribution in [3.8, 4) is 5.75 Å². The van der Waals surface area contributed by atoms with Crippen LogP contribution in [0.2, 0.25) is 0 Å². The maximum absolute atomic E-state index is 11.2. The number of benzene rings is 1. The van der Waals surface area contributed by atoms with Crippen molar-refractivity contribution >= 4 is 5.69 Å². The molecule has 1 atom stereocenters. The number of aromatic nitrogens is 2. The van der Waals surface area contributed by atoms with Gasteiger partial charge in [0.25, 0.3) is 0 Å². The van der Waals surface area contributed by atoms with Crippen LogP contribution in [0.15, 0.2) is 30.6 Å². The first kappa shape index (κ1) is 16.4. The highest BCUT2D eigenvalue weighted by molar-refractivity contribution is 5.48. The Kier molecular flexibility index (Phi) is 4.77. The van der Waals surface area contributed by atoms with Crippen molar-refractivity contribution in [2.75, 3.05) is 26.7 Å². The third kappa shape index (κ3) is 3.24. The molecule has 3 rings (SSSR count). The molecule has 0 saturated carbocycles. The van der Waals surface area contributed by atoms with Crippen molar-refractivity contribution in [1.82, 2.24) is 19.8 Å². The molecule has 0 amide bonds. The van der Waals surface area contributed by atoms with Gasteiger partial charge in [-0.15, -0.1) is 0 Å². The molecule has 0 radical (unpaired) electrons. The van der Waals surface area contributed by atoms with Gasteiger partial charge in [0.05, 0.1) is 18.1 Å². The highest BCUT2D eigenvalue weighted by Crippen LogP contribution is 2.29. The zero-order valence-corrected chi connectivity index (χ0v) is 13.8. The first-order chi connectivity index (χ1) is 11.6. The molecule has 2 heterocycles. The van der Waals surface area contributed by atoms with Crippen LogP contribution in [0, 0.1) is 10.1 Å². The summed E-state index contributed by atoms with van der Waals surface area (Å²) in [5, 5.41) is 14.6. The maximum Gasteiger partial charge on any atom is 0.311 e. The lowest BCUT2D eigenvalue weighted by Gasteiger charge is -2.35. The number of nitrogens with one attached hydrogen (secondary N) is 1. The highest BCUT2D eigenvalue weighted by Gasteiger charge is 2.27. The summed E-state index contributed by atoms with van der Waals surface area (Å²) >= 11 is 0. The number of methoxy groups -OCH3 is 1. The van der Waals surface area contributed by atoms with Gasteiger partial charge in [-0.3, -0.25) is 15.0 Å². The topological polar surface area (TPSA) is 85.5 Å². The number of nitrogens with zero attached hydrogens (tertiary/aromatic N) is 4. The Balaban J connectivity index is 1.84. The second kappa shape index (κ2) is 6.98. The second-order valence-corrected chi connectivity index (χ2v) is 5.85. The predicted octanol–water partition coefficient (Wildman–Crippen LogP) is 1.48. The van der Waals surface area contributed by atoms with Crippen molar-refractivity contribution in [2.45, 2.75) is 12.6 Å². The fourth-order valence-corrected chi connectivity index (χ4v) is 3.10. The molecule has 8 nitrogen and oxygen atoms in total. The van der Waals surface area contributed by atoms with Crippen LogP contribution in [-0.4, -0.2) is 46.1 Å². The van der Waals surface area contributed by atoms with Crippen LogP contribution in [0.5, 0.6) is 5.75 Å². The number of hydrogen-bond acceptors (Lipinski definition) is 6. The van der Waals surface area contributed by atoms with Crippen LogP contribution in [0.4, 0.5) is 5.69 Å². The van der Waals surface area contributed by atoms with Crippen LogP contribution < -0.4 is 10.1 Å². The van der Waals surface area contributed by atoms with E-state index in [4.69, 9.17) is 4.74 Å². The SMILES string of the molecule is COc1ccc(CN2CCNCC2c2nccn2C)cc1[N+](=O)[O-]. The van der Waals surface area contributed by atoms with E-state index in [0.717, 1.165) is 31.0 Å². The van der Waals surface area contributed by atoms with Gasteiger partial charge >= 0.3 is 5.69 Å². The Morgan fingerprint density at radius 1 is 1.50 bits per heavy atom. The zero-order valence-electron chi connectivity index (χ0n) is 13.8. The summed E-state index contributed by atoms with van der Waals surface area (Å²) in [5.74, 6) is 1.27. The van der Waals surface area contributed by atoms with Crippen LogP contribution in [-0.2, 0) is 13.6 Å². The number of rotatable bonds is 5. The molecular formula is C16H21N5O3. The number of nitro benzene ring substituents is 1. The third-order valence-corrected chi connectivity index (χ3v) is 4.34. The van der Waals surface area contributed by atoms with Gasteiger partial charge in [-0.05, 0) is 11.6 Å². The minimum Gasteiger partial charge on any atom is -0.490 e. The smallest absolute Gasteiger partial charge is 0.311 e. The van der Waals surface area contributed by atoms with Crippen molar-refractivity contribution < 1.29 is 9.66 Å². The lowest BCUT2D eigenvalue weighted by Crippen LogP contribution is -2.46. The Morgan fingerprint density at radius 3 is 3.00 bits per heavy atom. The van der Waals surface area contributed by atoms with Crippen molar-refractivity contribution in [3.63, 3.8) is 0 Å². The van der Waals surface area contributed by atoms with Gasteiger partial charge in [0.15, 0.2) is 5.75 Å². The van der Waals surface area contributed by atoms with Crippen LogP contribution in [0.25, 0.3) is 0 Å². The van der Waals surface area contributed by atoms with Crippen molar-refractivity contribution in [2.24, 2.45) is 7.05 Å². The van der Waals surface area contributed by atoms with Gasteiger partial charge in [0, 0.05) is 51.7 Å². The molecule has 1 fully saturated rings. The summed E-state index contributed by atoms with van der Waals surface area (Å²) in [4.78, 5) is 17.6. The molecule has 1 aromatic carbocycles. The van der Waals surface area contributed by atoms with E-state index in [1.807, 2.05) is 23.9 Å². The van der Waals surface area contributed by atoms with Gasteiger partial charge in [0.1, 0.15) is 5.82 Å². The fraction of sp³-hybridized carbons (Fsp3) is 0.438. The summed E-state index contributed by atoms with van der Waals surface area (Å²) in [7, 11) is 3.42. The van der Waals surface area contributed by atoms with Crippen LogP contribution >= 0.6 is 0 Å². The summed E-state index contributed by atoms with van der Waals surface area (Å²) in [5.41, 5.74) is 0.891. The largest absolute Gasteiger partial charge is 0.490 e. The number of nitro groups is 1. The van der Waals surface area contributed by atoms with E-state index in [-0.39, 0.29) is 17.5 Å². The number of hydrogen-bond donors (Lipinski definition) is 1. The molecular weight excluding hydrogens is 310 g/mol. The lowest BCUT2D eigenvalue weighted by atomic mass is 10.1. The Labute approximate surface area is 140 Å². The van der Waals surface area contributed by atoms with E-state index in [1.54, 1.807) is 18.3 Å². The molecule has 1 aliphatic rings. The zero-order chi connectivity index (χ0) is 17.1. The molecule has 0 aliphatic carbocycles. The number of ether oxygens (including phenoxy) is 1. The molecule has 1 saturated heterocycles. The summed E-state index contributed by atoms with van der Waals surface area (Å²) in [6.07, 6.45) is 3.72. The Bertz CT molecular complexity index is 730. The number of aryl methyl sites for hydroxylation is 1. The van der Waals surface area contributed by atoms with Gasteiger partial charge in [-0.2, -0.15) is 0 Å². The summed E-state index contributed by atoms with van der Waals surface area (Å²) in [6, 6.07) is 5.27. The van der Waals surface area contributed by atoms with E-state index in [9.17, 15) is 10.1 Å². The average molecular weight is 331 g/mol. The van der Waals surface area contributed by atoms with Crippen LogP contribution in [0.1, 0.15) is 17.4 Å². The quantitative estimate of drug-likeness (QED) is 0.660.